The molecule has 1 aromatic carbocycles. The third kappa shape index (κ3) is 4.74. The lowest BCUT2D eigenvalue weighted by atomic mass is 10.1. The van der Waals surface area contributed by atoms with Crippen LogP contribution < -0.4 is 10.1 Å². The normalized spacial score (nSPS) is 10.7. The molecule has 0 radical (unpaired) electrons. The molecule has 0 saturated carbocycles. The van der Waals surface area contributed by atoms with Crippen molar-refractivity contribution in [1.82, 2.24) is 9.97 Å². The van der Waals surface area contributed by atoms with E-state index in [0.717, 1.165) is 17.1 Å². The van der Waals surface area contributed by atoms with Crippen molar-refractivity contribution >= 4 is 5.95 Å². The summed E-state index contributed by atoms with van der Waals surface area (Å²) in [5, 5.41) is 3.22. The van der Waals surface area contributed by atoms with Crippen LogP contribution in [-0.4, -0.2) is 23.1 Å². The van der Waals surface area contributed by atoms with E-state index in [1.54, 1.807) is 0 Å². The minimum atomic E-state index is 0.399. The average Bonchev–Trinajstić information content (AvgIpc) is 2.43. The first-order chi connectivity index (χ1) is 10.0. The molecular weight excluding hydrogens is 262 g/mol. The molecular formula is C17H23N3O. The number of benzene rings is 1. The maximum absolute atomic E-state index is 5.70. The zero-order chi connectivity index (χ0) is 15.2. The number of nitrogens with zero attached hydrogens (tertiary/aromatic N) is 2. The summed E-state index contributed by atoms with van der Waals surface area (Å²) in [6, 6.07) is 10.1. The number of anilines is 1. The number of aromatic nitrogens is 2. The SMILES string of the molecule is Cc1cccc(OCCNc2nc(C)cc(C(C)C)n2)c1. The summed E-state index contributed by atoms with van der Waals surface area (Å²) in [6.45, 7) is 9.56. The minimum absolute atomic E-state index is 0.399. The first-order valence-electron chi connectivity index (χ1n) is 7.33. The Labute approximate surface area is 126 Å². The van der Waals surface area contributed by atoms with Gasteiger partial charge in [-0.25, -0.2) is 9.97 Å². The number of nitrogens with one attached hydrogen (secondary N) is 1. The van der Waals surface area contributed by atoms with Crippen LogP contribution >= 0.6 is 0 Å². The van der Waals surface area contributed by atoms with E-state index < -0.39 is 0 Å². The molecule has 2 aromatic rings. The van der Waals surface area contributed by atoms with Gasteiger partial charge in [-0.05, 0) is 43.5 Å². The van der Waals surface area contributed by atoms with Crippen LogP contribution in [-0.2, 0) is 0 Å². The molecule has 0 atom stereocenters. The zero-order valence-corrected chi connectivity index (χ0v) is 13.2. The molecule has 0 fully saturated rings. The average molecular weight is 285 g/mol. The van der Waals surface area contributed by atoms with E-state index in [0.29, 0.717) is 25.0 Å². The lowest BCUT2D eigenvalue weighted by Crippen LogP contribution is -2.14. The van der Waals surface area contributed by atoms with Crippen LogP contribution in [0.5, 0.6) is 5.75 Å². The predicted molar refractivity (Wildman–Crippen MR) is 86.0 cm³/mol. The van der Waals surface area contributed by atoms with Gasteiger partial charge in [0.2, 0.25) is 5.95 Å². The molecule has 0 aliphatic rings. The van der Waals surface area contributed by atoms with Gasteiger partial charge < -0.3 is 10.1 Å². The molecule has 21 heavy (non-hydrogen) atoms. The molecule has 112 valence electrons. The van der Waals surface area contributed by atoms with Gasteiger partial charge in [-0.3, -0.25) is 0 Å². The quantitative estimate of drug-likeness (QED) is 0.822. The van der Waals surface area contributed by atoms with Gasteiger partial charge in [-0.15, -0.1) is 0 Å². The summed E-state index contributed by atoms with van der Waals surface area (Å²) in [7, 11) is 0. The van der Waals surface area contributed by atoms with E-state index in [1.807, 2.05) is 31.2 Å². The van der Waals surface area contributed by atoms with Crippen molar-refractivity contribution in [3.8, 4) is 5.75 Å². The first-order valence-corrected chi connectivity index (χ1v) is 7.33. The molecule has 1 N–H and O–H groups in total. The lowest BCUT2D eigenvalue weighted by molar-refractivity contribution is 0.332. The van der Waals surface area contributed by atoms with Gasteiger partial charge in [0.05, 0.1) is 6.54 Å². The number of ether oxygens (including phenoxy) is 1. The Kier molecular flexibility index (Phi) is 5.14. The third-order valence-electron chi connectivity index (χ3n) is 3.11. The Balaban J connectivity index is 1.86. The fraction of sp³-hybridized carbons (Fsp3) is 0.412. The van der Waals surface area contributed by atoms with Crippen molar-refractivity contribution in [2.24, 2.45) is 0 Å². The van der Waals surface area contributed by atoms with Gasteiger partial charge in [-0.2, -0.15) is 0 Å². The van der Waals surface area contributed by atoms with Crippen molar-refractivity contribution in [2.75, 3.05) is 18.5 Å². The van der Waals surface area contributed by atoms with Gasteiger partial charge in [0.15, 0.2) is 0 Å². The second-order valence-electron chi connectivity index (χ2n) is 5.50. The van der Waals surface area contributed by atoms with Crippen LogP contribution in [0.4, 0.5) is 5.95 Å². The summed E-state index contributed by atoms with van der Waals surface area (Å²) in [6.07, 6.45) is 0. The van der Waals surface area contributed by atoms with E-state index in [2.05, 4.69) is 42.1 Å². The highest BCUT2D eigenvalue weighted by Gasteiger charge is 2.05. The summed E-state index contributed by atoms with van der Waals surface area (Å²) in [4.78, 5) is 8.91. The molecule has 0 aliphatic heterocycles. The molecule has 0 saturated heterocycles. The maximum Gasteiger partial charge on any atom is 0.223 e. The Morgan fingerprint density at radius 1 is 1.14 bits per heavy atom. The first kappa shape index (κ1) is 15.3. The number of aryl methyl sites for hydroxylation is 2. The predicted octanol–water partition coefficient (Wildman–Crippen LogP) is 3.71. The van der Waals surface area contributed by atoms with Gasteiger partial charge >= 0.3 is 0 Å². The maximum atomic E-state index is 5.70. The monoisotopic (exact) mass is 285 g/mol. The topological polar surface area (TPSA) is 47.0 Å². The highest BCUT2D eigenvalue weighted by molar-refractivity contribution is 5.30. The second kappa shape index (κ2) is 7.07. The summed E-state index contributed by atoms with van der Waals surface area (Å²) >= 11 is 0. The van der Waals surface area contributed by atoms with E-state index >= 15 is 0 Å². The lowest BCUT2D eigenvalue weighted by Gasteiger charge is -2.11. The van der Waals surface area contributed by atoms with Gasteiger partial charge in [-0.1, -0.05) is 26.0 Å². The molecule has 0 amide bonds. The highest BCUT2D eigenvalue weighted by atomic mass is 16.5. The number of hydrogen-bond donors (Lipinski definition) is 1. The van der Waals surface area contributed by atoms with Crippen LogP contribution in [0.15, 0.2) is 30.3 Å². The fourth-order valence-corrected chi connectivity index (χ4v) is 2.00. The van der Waals surface area contributed by atoms with Crippen LogP contribution in [0.2, 0.25) is 0 Å². The Hall–Kier alpha value is -2.10. The van der Waals surface area contributed by atoms with E-state index in [1.165, 1.54) is 5.56 Å². The molecule has 0 bridgehead atoms. The van der Waals surface area contributed by atoms with Crippen LogP contribution in [0.3, 0.4) is 0 Å². The summed E-state index contributed by atoms with van der Waals surface area (Å²) in [5.41, 5.74) is 3.24. The molecule has 0 unspecified atom stereocenters. The molecule has 1 heterocycles. The van der Waals surface area contributed by atoms with Crippen LogP contribution in [0.1, 0.15) is 36.7 Å². The molecule has 4 nitrogen and oxygen atoms in total. The summed E-state index contributed by atoms with van der Waals surface area (Å²) in [5.74, 6) is 1.96. The fourth-order valence-electron chi connectivity index (χ4n) is 2.00. The van der Waals surface area contributed by atoms with Crippen LogP contribution in [0.25, 0.3) is 0 Å². The van der Waals surface area contributed by atoms with E-state index in [-0.39, 0.29) is 0 Å². The Morgan fingerprint density at radius 2 is 1.95 bits per heavy atom. The minimum Gasteiger partial charge on any atom is -0.492 e. The smallest absolute Gasteiger partial charge is 0.223 e. The van der Waals surface area contributed by atoms with Crippen LogP contribution in [0, 0.1) is 13.8 Å². The third-order valence-corrected chi connectivity index (χ3v) is 3.11. The molecule has 0 aliphatic carbocycles. The highest BCUT2D eigenvalue weighted by Crippen LogP contribution is 2.14. The molecule has 1 aromatic heterocycles. The Morgan fingerprint density at radius 3 is 2.67 bits per heavy atom. The second-order valence-corrected chi connectivity index (χ2v) is 5.50. The largest absolute Gasteiger partial charge is 0.492 e. The van der Waals surface area contributed by atoms with Crippen molar-refractivity contribution in [3.05, 3.63) is 47.3 Å². The summed E-state index contributed by atoms with van der Waals surface area (Å²) < 4.78 is 5.70. The van der Waals surface area contributed by atoms with Crippen molar-refractivity contribution < 1.29 is 4.74 Å². The molecule has 4 heteroatoms. The van der Waals surface area contributed by atoms with Gasteiger partial charge in [0.1, 0.15) is 12.4 Å². The van der Waals surface area contributed by atoms with Gasteiger partial charge in [0, 0.05) is 11.4 Å². The zero-order valence-electron chi connectivity index (χ0n) is 13.2. The molecule has 2 rings (SSSR count). The number of hydrogen-bond acceptors (Lipinski definition) is 4. The molecule has 0 spiro atoms. The number of rotatable bonds is 6. The standard InChI is InChI=1S/C17H23N3O/c1-12(2)16-11-14(4)19-17(20-16)18-8-9-21-15-7-5-6-13(3)10-15/h5-7,10-12H,8-9H2,1-4H3,(H,18,19,20). The van der Waals surface area contributed by atoms with E-state index in [4.69, 9.17) is 4.74 Å². The van der Waals surface area contributed by atoms with E-state index in [9.17, 15) is 0 Å². The van der Waals surface area contributed by atoms with Crippen molar-refractivity contribution in [3.63, 3.8) is 0 Å². The van der Waals surface area contributed by atoms with Crippen molar-refractivity contribution in [2.45, 2.75) is 33.6 Å². The van der Waals surface area contributed by atoms with Gasteiger partial charge in [0.25, 0.3) is 0 Å². The van der Waals surface area contributed by atoms with Crippen molar-refractivity contribution in [1.29, 1.82) is 0 Å². The Bertz CT molecular complexity index is 596.